The highest BCUT2D eigenvalue weighted by molar-refractivity contribution is 6.30. The van der Waals surface area contributed by atoms with E-state index in [2.05, 4.69) is 5.32 Å². The number of halogens is 1. The summed E-state index contributed by atoms with van der Waals surface area (Å²) >= 11 is 5.96. The van der Waals surface area contributed by atoms with Gasteiger partial charge in [0.15, 0.2) is 0 Å². The maximum atomic E-state index is 9.18. The molecule has 0 unspecified atom stereocenters. The summed E-state index contributed by atoms with van der Waals surface area (Å²) in [6, 6.07) is 5.58. The van der Waals surface area contributed by atoms with Crippen LogP contribution in [-0.2, 0) is 6.54 Å². The van der Waals surface area contributed by atoms with Gasteiger partial charge in [-0.05, 0) is 39.0 Å². The lowest BCUT2D eigenvalue weighted by molar-refractivity contribution is 0.190. The van der Waals surface area contributed by atoms with Gasteiger partial charge in [-0.3, -0.25) is 0 Å². The number of aliphatic hydroxyl groups excluding tert-OH is 1. The lowest BCUT2D eigenvalue weighted by Gasteiger charge is -2.15. The van der Waals surface area contributed by atoms with Gasteiger partial charge < -0.3 is 15.2 Å². The molecule has 0 aliphatic heterocycles. The molecule has 1 aromatic rings. The summed E-state index contributed by atoms with van der Waals surface area (Å²) < 4.78 is 5.70. The van der Waals surface area contributed by atoms with Crippen LogP contribution in [0.3, 0.4) is 0 Å². The van der Waals surface area contributed by atoms with Crippen LogP contribution in [0.1, 0.15) is 26.3 Å². The number of hydrogen-bond donors (Lipinski definition) is 2. The maximum absolute atomic E-state index is 9.18. The molecule has 0 spiro atoms. The Morgan fingerprint density at radius 2 is 2.06 bits per heavy atom. The van der Waals surface area contributed by atoms with Crippen molar-refractivity contribution in [3.05, 3.63) is 28.8 Å². The Labute approximate surface area is 108 Å². The fraction of sp³-hybridized carbons (Fsp3) is 0.538. The largest absolute Gasteiger partial charge is 0.491 e. The van der Waals surface area contributed by atoms with Crippen LogP contribution in [-0.4, -0.2) is 23.9 Å². The summed E-state index contributed by atoms with van der Waals surface area (Å²) in [5.41, 5.74) is 1.01. The molecular formula is C13H20ClNO2. The molecule has 17 heavy (non-hydrogen) atoms. The summed E-state index contributed by atoms with van der Waals surface area (Å²) in [5.74, 6) is 0.836. The predicted molar refractivity (Wildman–Crippen MR) is 70.6 cm³/mol. The molecule has 0 aliphatic carbocycles. The Balaban J connectivity index is 2.69. The standard InChI is InChI=1S/C13H20ClNO2/c1-9(2)17-13-5-4-12(14)6-11(13)8-15-7-10(3)16/h4-6,9-10,15-16H,7-8H2,1-3H3/t10-/m0/s1. The normalized spacial score (nSPS) is 12.8. The number of benzene rings is 1. The van der Waals surface area contributed by atoms with Crippen LogP contribution < -0.4 is 10.1 Å². The monoisotopic (exact) mass is 257 g/mol. The first-order valence-electron chi connectivity index (χ1n) is 5.83. The van der Waals surface area contributed by atoms with Crippen molar-refractivity contribution in [2.24, 2.45) is 0 Å². The molecule has 4 heteroatoms. The van der Waals surface area contributed by atoms with Crippen molar-refractivity contribution in [2.75, 3.05) is 6.54 Å². The molecule has 1 aromatic carbocycles. The highest BCUT2D eigenvalue weighted by Gasteiger charge is 2.07. The van der Waals surface area contributed by atoms with Gasteiger partial charge in [-0.15, -0.1) is 0 Å². The number of rotatable bonds is 6. The second kappa shape index (κ2) is 6.84. The average Bonchev–Trinajstić information content (AvgIpc) is 2.21. The smallest absolute Gasteiger partial charge is 0.124 e. The third kappa shape index (κ3) is 5.39. The van der Waals surface area contributed by atoms with Crippen LogP contribution in [0.25, 0.3) is 0 Å². The predicted octanol–water partition coefficient (Wildman–Crippen LogP) is 2.60. The van der Waals surface area contributed by atoms with Crippen molar-refractivity contribution >= 4 is 11.6 Å². The first-order chi connectivity index (χ1) is 7.99. The molecule has 3 nitrogen and oxygen atoms in total. The first-order valence-corrected chi connectivity index (χ1v) is 6.20. The van der Waals surface area contributed by atoms with E-state index in [0.717, 1.165) is 11.3 Å². The molecular weight excluding hydrogens is 238 g/mol. The van der Waals surface area contributed by atoms with Gasteiger partial charge in [0.05, 0.1) is 12.2 Å². The zero-order chi connectivity index (χ0) is 12.8. The Hall–Kier alpha value is -0.770. The van der Waals surface area contributed by atoms with E-state index in [1.807, 2.05) is 32.0 Å². The molecule has 0 aliphatic rings. The van der Waals surface area contributed by atoms with Gasteiger partial charge in [0.1, 0.15) is 5.75 Å². The van der Waals surface area contributed by atoms with Crippen molar-refractivity contribution in [1.82, 2.24) is 5.32 Å². The molecule has 0 saturated carbocycles. The fourth-order valence-electron chi connectivity index (χ4n) is 1.47. The van der Waals surface area contributed by atoms with E-state index in [1.54, 1.807) is 6.92 Å². The van der Waals surface area contributed by atoms with Crippen LogP contribution in [0, 0.1) is 0 Å². The first kappa shape index (κ1) is 14.3. The highest BCUT2D eigenvalue weighted by Crippen LogP contribution is 2.23. The van der Waals surface area contributed by atoms with Gasteiger partial charge in [0.25, 0.3) is 0 Å². The lowest BCUT2D eigenvalue weighted by atomic mass is 10.2. The second-order valence-electron chi connectivity index (χ2n) is 4.40. The molecule has 1 rings (SSSR count). The molecule has 0 aromatic heterocycles. The van der Waals surface area contributed by atoms with Gasteiger partial charge in [-0.25, -0.2) is 0 Å². The zero-order valence-corrected chi connectivity index (χ0v) is 11.3. The third-order valence-electron chi connectivity index (χ3n) is 2.14. The second-order valence-corrected chi connectivity index (χ2v) is 4.84. The molecule has 1 atom stereocenters. The Bertz CT molecular complexity index is 353. The zero-order valence-electron chi connectivity index (χ0n) is 10.5. The van der Waals surface area contributed by atoms with Gasteiger partial charge in [-0.1, -0.05) is 11.6 Å². The number of ether oxygens (including phenoxy) is 1. The SMILES string of the molecule is CC(C)Oc1ccc(Cl)cc1CNC[C@H](C)O. The van der Waals surface area contributed by atoms with Crippen molar-refractivity contribution < 1.29 is 9.84 Å². The summed E-state index contributed by atoms with van der Waals surface area (Å²) in [4.78, 5) is 0. The molecule has 0 bridgehead atoms. The molecule has 0 radical (unpaired) electrons. The van der Waals surface area contributed by atoms with Gasteiger partial charge in [-0.2, -0.15) is 0 Å². The average molecular weight is 258 g/mol. The van der Waals surface area contributed by atoms with Crippen molar-refractivity contribution in [3.63, 3.8) is 0 Å². The maximum Gasteiger partial charge on any atom is 0.124 e. The molecule has 96 valence electrons. The highest BCUT2D eigenvalue weighted by atomic mass is 35.5. The van der Waals surface area contributed by atoms with Crippen LogP contribution in [0.15, 0.2) is 18.2 Å². The Kier molecular flexibility index (Phi) is 5.75. The number of nitrogens with one attached hydrogen (secondary N) is 1. The summed E-state index contributed by atoms with van der Waals surface area (Å²) in [7, 11) is 0. The molecule has 0 saturated heterocycles. The van der Waals surface area contributed by atoms with Gasteiger partial charge >= 0.3 is 0 Å². The summed E-state index contributed by atoms with van der Waals surface area (Å²) in [6.07, 6.45) is -0.227. The number of hydrogen-bond acceptors (Lipinski definition) is 3. The quantitative estimate of drug-likeness (QED) is 0.823. The van der Waals surface area contributed by atoms with E-state index >= 15 is 0 Å². The minimum absolute atomic E-state index is 0.131. The van der Waals surface area contributed by atoms with E-state index in [9.17, 15) is 5.11 Å². The summed E-state index contributed by atoms with van der Waals surface area (Å²) in [5, 5.41) is 13.0. The van der Waals surface area contributed by atoms with E-state index in [4.69, 9.17) is 16.3 Å². The fourth-order valence-corrected chi connectivity index (χ4v) is 1.67. The van der Waals surface area contributed by atoms with Crippen molar-refractivity contribution in [1.29, 1.82) is 0 Å². The van der Waals surface area contributed by atoms with Crippen LogP contribution in [0.4, 0.5) is 0 Å². The summed E-state index contributed by atoms with van der Waals surface area (Å²) in [6.45, 7) is 6.90. The molecule has 2 N–H and O–H groups in total. The molecule has 0 heterocycles. The van der Waals surface area contributed by atoms with E-state index in [-0.39, 0.29) is 12.2 Å². The third-order valence-corrected chi connectivity index (χ3v) is 2.38. The molecule has 0 amide bonds. The molecule has 0 fully saturated rings. The van der Waals surface area contributed by atoms with Gasteiger partial charge in [0, 0.05) is 23.7 Å². The topological polar surface area (TPSA) is 41.5 Å². The van der Waals surface area contributed by atoms with E-state index < -0.39 is 0 Å². The lowest BCUT2D eigenvalue weighted by Crippen LogP contribution is -2.24. The van der Waals surface area contributed by atoms with E-state index in [1.165, 1.54) is 0 Å². The van der Waals surface area contributed by atoms with Crippen molar-refractivity contribution in [3.8, 4) is 5.75 Å². The van der Waals surface area contributed by atoms with E-state index in [0.29, 0.717) is 18.1 Å². The van der Waals surface area contributed by atoms with Crippen LogP contribution in [0.2, 0.25) is 5.02 Å². The van der Waals surface area contributed by atoms with Crippen LogP contribution >= 0.6 is 11.6 Å². The minimum atomic E-state index is -0.358. The number of aliphatic hydroxyl groups is 1. The minimum Gasteiger partial charge on any atom is -0.491 e. The van der Waals surface area contributed by atoms with Gasteiger partial charge in [0.2, 0.25) is 0 Å². The Morgan fingerprint density at radius 1 is 1.35 bits per heavy atom. The Morgan fingerprint density at radius 3 is 2.65 bits per heavy atom. The van der Waals surface area contributed by atoms with Crippen molar-refractivity contribution in [2.45, 2.75) is 39.5 Å². The van der Waals surface area contributed by atoms with Crippen LogP contribution in [0.5, 0.6) is 5.75 Å².